The van der Waals surface area contributed by atoms with Crippen LogP contribution in [-0.2, 0) is 0 Å². The quantitative estimate of drug-likeness (QED) is 0.754. The zero-order chi connectivity index (χ0) is 16.8. The zero-order valence-electron chi connectivity index (χ0n) is 14.2. The molecule has 2 aromatic rings. The highest BCUT2D eigenvalue weighted by Crippen LogP contribution is 2.22. The molecule has 2 rings (SSSR count). The third-order valence-electron chi connectivity index (χ3n) is 3.37. The highest BCUT2D eigenvalue weighted by Gasteiger charge is 2.04. The number of halogens is 1. The van der Waals surface area contributed by atoms with E-state index < -0.39 is 0 Å². The van der Waals surface area contributed by atoms with Gasteiger partial charge in [0, 0.05) is 29.0 Å². The van der Waals surface area contributed by atoms with Gasteiger partial charge in [-0.05, 0) is 58.6 Å². The molecule has 124 valence electrons. The van der Waals surface area contributed by atoms with Crippen LogP contribution in [0.4, 0.5) is 17.5 Å². The molecule has 0 aliphatic heterocycles. The number of nitrogens with zero attached hydrogens (tertiary/aromatic N) is 3. The van der Waals surface area contributed by atoms with Crippen molar-refractivity contribution < 1.29 is 0 Å². The van der Waals surface area contributed by atoms with Gasteiger partial charge in [0.05, 0.1) is 0 Å². The van der Waals surface area contributed by atoms with Crippen molar-refractivity contribution in [1.29, 1.82) is 0 Å². The Balaban J connectivity index is 2.03. The second-order valence-electron chi connectivity index (χ2n) is 5.89. The molecule has 0 aliphatic rings. The summed E-state index contributed by atoms with van der Waals surface area (Å²) in [5.74, 6) is 1.40. The molecule has 1 aromatic heterocycles. The summed E-state index contributed by atoms with van der Waals surface area (Å²) in [4.78, 5) is 11.1. The summed E-state index contributed by atoms with van der Waals surface area (Å²) in [6.45, 7) is 5.86. The van der Waals surface area contributed by atoms with E-state index in [-0.39, 0.29) is 0 Å². The molecule has 23 heavy (non-hydrogen) atoms. The van der Waals surface area contributed by atoms with Crippen molar-refractivity contribution in [3.05, 3.63) is 40.5 Å². The van der Waals surface area contributed by atoms with E-state index in [2.05, 4.69) is 39.6 Å². The van der Waals surface area contributed by atoms with Gasteiger partial charge in [0.1, 0.15) is 5.82 Å². The van der Waals surface area contributed by atoms with Crippen molar-refractivity contribution in [2.24, 2.45) is 0 Å². The number of rotatable bonds is 7. The van der Waals surface area contributed by atoms with Gasteiger partial charge in [0.2, 0.25) is 5.95 Å². The Morgan fingerprint density at radius 1 is 1.13 bits per heavy atom. The third-order valence-corrected chi connectivity index (χ3v) is 3.78. The molecule has 0 aliphatic carbocycles. The van der Waals surface area contributed by atoms with Crippen LogP contribution in [0.5, 0.6) is 0 Å². The van der Waals surface area contributed by atoms with E-state index in [4.69, 9.17) is 11.6 Å². The number of benzene rings is 1. The summed E-state index contributed by atoms with van der Waals surface area (Å²) >= 11 is 6.16. The summed E-state index contributed by atoms with van der Waals surface area (Å²) in [5, 5.41) is 7.28. The predicted octanol–water partition coefficient (Wildman–Crippen LogP) is 3.85. The van der Waals surface area contributed by atoms with Crippen molar-refractivity contribution in [2.75, 3.05) is 37.8 Å². The van der Waals surface area contributed by atoms with Gasteiger partial charge in [0.15, 0.2) is 0 Å². The lowest BCUT2D eigenvalue weighted by molar-refractivity contribution is 0.405. The Hall–Kier alpha value is -1.85. The third kappa shape index (κ3) is 5.69. The van der Waals surface area contributed by atoms with Crippen molar-refractivity contribution in [3.63, 3.8) is 0 Å². The van der Waals surface area contributed by atoms with Gasteiger partial charge < -0.3 is 15.5 Å². The molecule has 0 unspecified atom stereocenters. The summed E-state index contributed by atoms with van der Waals surface area (Å²) in [7, 11) is 4.15. The van der Waals surface area contributed by atoms with Gasteiger partial charge in [-0.1, -0.05) is 17.7 Å². The minimum Gasteiger partial charge on any atom is -0.370 e. The molecule has 5 nitrogen and oxygen atoms in total. The normalized spacial score (nSPS) is 10.9. The van der Waals surface area contributed by atoms with Gasteiger partial charge in [-0.15, -0.1) is 0 Å². The van der Waals surface area contributed by atoms with E-state index in [1.807, 2.05) is 38.1 Å². The zero-order valence-corrected chi connectivity index (χ0v) is 14.9. The highest BCUT2D eigenvalue weighted by molar-refractivity contribution is 6.31. The average Bonchev–Trinajstić information content (AvgIpc) is 2.47. The van der Waals surface area contributed by atoms with E-state index in [0.29, 0.717) is 5.95 Å². The molecule has 0 amide bonds. The molecule has 1 aromatic carbocycles. The molecule has 1 heterocycles. The van der Waals surface area contributed by atoms with Crippen LogP contribution < -0.4 is 10.6 Å². The van der Waals surface area contributed by atoms with E-state index >= 15 is 0 Å². The Bertz CT molecular complexity index is 657. The van der Waals surface area contributed by atoms with Gasteiger partial charge >= 0.3 is 0 Å². The summed E-state index contributed by atoms with van der Waals surface area (Å²) in [6, 6.07) is 7.77. The fourth-order valence-electron chi connectivity index (χ4n) is 2.13. The standard InChI is InChI=1S/C17H24ClN5/c1-12-6-7-14(11-15(12)18)21-17-20-13(2)10-16(22-17)19-8-5-9-23(3)4/h6-7,10-11H,5,8-9H2,1-4H3,(H2,19,20,21,22). The number of nitrogens with one attached hydrogen (secondary N) is 2. The molecule has 0 bridgehead atoms. The lowest BCUT2D eigenvalue weighted by Crippen LogP contribution is -2.16. The van der Waals surface area contributed by atoms with E-state index in [9.17, 15) is 0 Å². The second-order valence-corrected chi connectivity index (χ2v) is 6.30. The van der Waals surface area contributed by atoms with Gasteiger partial charge in [-0.3, -0.25) is 0 Å². The number of aromatic nitrogens is 2. The van der Waals surface area contributed by atoms with Crippen molar-refractivity contribution in [2.45, 2.75) is 20.3 Å². The van der Waals surface area contributed by atoms with Crippen LogP contribution in [0.15, 0.2) is 24.3 Å². The van der Waals surface area contributed by atoms with Crippen molar-refractivity contribution >= 4 is 29.1 Å². The maximum absolute atomic E-state index is 6.16. The Morgan fingerprint density at radius 3 is 2.61 bits per heavy atom. The van der Waals surface area contributed by atoms with Crippen LogP contribution in [0.2, 0.25) is 5.02 Å². The smallest absolute Gasteiger partial charge is 0.229 e. The minimum absolute atomic E-state index is 0.569. The Labute approximate surface area is 143 Å². The topological polar surface area (TPSA) is 53.1 Å². The number of hydrogen-bond donors (Lipinski definition) is 2. The molecular weight excluding hydrogens is 310 g/mol. The van der Waals surface area contributed by atoms with Crippen LogP contribution in [0.1, 0.15) is 17.7 Å². The maximum atomic E-state index is 6.16. The van der Waals surface area contributed by atoms with E-state index in [1.165, 1.54) is 0 Å². The first-order chi connectivity index (χ1) is 10.9. The SMILES string of the molecule is Cc1cc(NCCCN(C)C)nc(Nc2ccc(C)c(Cl)c2)n1. The number of anilines is 3. The average molecular weight is 334 g/mol. The predicted molar refractivity (Wildman–Crippen MR) is 97.9 cm³/mol. The molecule has 0 saturated carbocycles. The summed E-state index contributed by atoms with van der Waals surface area (Å²) in [6.07, 6.45) is 1.06. The first-order valence-corrected chi connectivity index (χ1v) is 8.09. The van der Waals surface area contributed by atoms with E-state index in [0.717, 1.165) is 47.3 Å². The molecule has 2 N–H and O–H groups in total. The lowest BCUT2D eigenvalue weighted by atomic mass is 10.2. The number of aryl methyl sites for hydroxylation is 2. The van der Waals surface area contributed by atoms with Gasteiger partial charge in [0.25, 0.3) is 0 Å². The monoisotopic (exact) mass is 333 g/mol. The van der Waals surface area contributed by atoms with Crippen LogP contribution >= 0.6 is 11.6 Å². The van der Waals surface area contributed by atoms with E-state index in [1.54, 1.807) is 0 Å². The van der Waals surface area contributed by atoms with Crippen molar-refractivity contribution in [1.82, 2.24) is 14.9 Å². The first-order valence-electron chi connectivity index (χ1n) is 7.71. The fraction of sp³-hybridized carbons (Fsp3) is 0.412. The van der Waals surface area contributed by atoms with Crippen molar-refractivity contribution in [3.8, 4) is 0 Å². The lowest BCUT2D eigenvalue weighted by Gasteiger charge is -2.12. The minimum atomic E-state index is 0.569. The van der Waals surface area contributed by atoms with Crippen LogP contribution in [0.25, 0.3) is 0 Å². The molecule has 0 spiro atoms. The molecule has 6 heteroatoms. The highest BCUT2D eigenvalue weighted by atomic mass is 35.5. The second kappa shape index (κ2) is 8.13. The number of hydrogen-bond acceptors (Lipinski definition) is 5. The Kier molecular flexibility index (Phi) is 6.19. The molecule has 0 radical (unpaired) electrons. The fourth-order valence-corrected chi connectivity index (χ4v) is 2.31. The Morgan fingerprint density at radius 2 is 1.91 bits per heavy atom. The van der Waals surface area contributed by atoms with Crippen LogP contribution in [0, 0.1) is 13.8 Å². The largest absolute Gasteiger partial charge is 0.370 e. The summed E-state index contributed by atoms with van der Waals surface area (Å²) in [5.41, 5.74) is 2.84. The molecular formula is C17H24ClN5. The molecule has 0 fully saturated rings. The van der Waals surface area contributed by atoms with Gasteiger partial charge in [-0.25, -0.2) is 4.98 Å². The maximum Gasteiger partial charge on any atom is 0.229 e. The van der Waals surface area contributed by atoms with Crippen LogP contribution in [0.3, 0.4) is 0 Å². The summed E-state index contributed by atoms with van der Waals surface area (Å²) < 4.78 is 0. The first kappa shape index (κ1) is 17.5. The molecule has 0 saturated heterocycles. The molecule has 0 atom stereocenters. The van der Waals surface area contributed by atoms with Crippen LogP contribution in [-0.4, -0.2) is 42.1 Å². The van der Waals surface area contributed by atoms with Gasteiger partial charge in [-0.2, -0.15) is 4.98 Å².